The molecule has 0 N–H and O–H groups in total. The molecule has 5 nitrogen and oxygen atoms in total. The molecule has 0 spiro atoms. The molecule has 0 aliphatic carbocycles. The Morgan fingerprint density at radius 2 is 2.00 bits per heavy atom. The van der Waals surface area contributed by atoms with Gasteiger partial charge in [-0.15, -0.1) is 0 Å². The van der Waals surface area contributed by atoms with Gasteiger partial charge in [0.1, 0.15) is 6.04 Å². The summed E-state index contributed by atoms with van der Waals surface area (Å²) in [6.07, 6.45) is 3.15. The minimum absolute atomic E-state index is 0.263. The molecule has 0 fully saturated rings. The van der Waals surface area contributed by atoms with Crippen LogP contribution in [0.25, 0.3) is 0 Å². The van der Waals surface area contributed by atoms with E-state index in [-0.39, 0.29) is 11.3 Å². The third-order valence-electron chi connectivity index (χ3n) is 2.61. The zero-order chi connectivity index (χ0) is 14.3. The highest BCUT2D eigenvalue weighted by molar-refractivity contribution is 5.73. The fraction of sp³-hybridized carbons (Fsp3) is 0.571. The van der Waals surface area contributed by atoms with Crippen molar-refractivity contribution < 1.29 is 14.3 Å². The first-order valence-electron chi connectivity index (χ1n) is 6.62. The van der Waals surface area contributed by atoms with Crippen molar-refractivity contribution in [3.8, 4) is 5.75 Å². The number of ether oxygens (including phenoxy) is 2. The number of nitrogens with zero attached hydrogens (tertiary/aromatic N) is 1. The van der Waals surface area contributed by atoms with E-state index in [0.29, 0.717) is 13.2 Å². The summed E-state index contributed by atoms with van der Waals surface area (Å²) in [6.45, 7) is 6.37. The predicted octanol–water partition coefficient (Wildman–Crippen LogP) is 2.15. The summed E-state index contributed by atoms with van der Waals surface area (Å²) in [6, 6.07) is 2.65. The van der Waals surface area contributed by atoms with Crippen LogP contribution in [0.1, 0.15) is 39.7 Å². The molecule has 1 aromatic heterocycles. The Morgan fingerprint density at radius 1 is 1.32 bits per heavy atom. The first kappa shape index (κ1) is 15.3. The van der Waals surface area contributed by atoms with Crippen LogP contribution >= 0.6 is 0 Å². The van der Waals surface area contributed by atoms with Gasteiger partial charge in [0.25, 0.3) is 5.56 Å². The van der Waals surface area contributed by atoms with E-state index < -0.39 is 12.0 Å². The summed E-state index contributed by atoms with van der Waals surface area (Å²) < 4.78 is 11.7. The van der Waals surface area contributed by atoms with Gasteiger partial charge in [-0.2, -0.15) is 0 Å². The number of hydrogen-bond donors (Lipinski definition) is 0. The van der Waals surface area contributed by atoms with Gasteiger partial charge < -0.3 is 9.47 Å². The molecule has 1 atom stereocenters. The van der Waals surface area contributed by atoms with E-state index in [9.17, 15) is 9.59 Å². The van der Waals surface area contributed by atoms with Gasteiger partial charge in [-0.1, -0.05) is 13.8 Å². The molecule has 5 heteroatoms. The number of carbonyl (C=O) groups is 1. The van der Waals surface area contributed by atoms with E-state index >= 15 is 0 Å². The Hall–Kier alpha value is -1.78. The minimum atomic E-state index is -0.649. The van der Waals surface area contributed by atoms with Crippen molar-refractivity contribution in [3.05, 3.63) is 28.7 Å². The minimum Gasteiger partial charge on any atom is -0.488 e. The van der Waals surface area contributed by atoms with E-state index in [2.05, 4.69) is 0 Å². The molecule has 1 aromatic rings. The highest BCUT2D eigenvalue weighted by Crippen LogP contribution is 2.09. The highest BCUT2D eigenvalue weighted by Gasteiger charge is 2.18. The maximum atomic E-state index is 12.1. The Labute approximate surface area is 113 Å². The molecule has 106 valence electrons. The summed E-state index contributed by atoms with van der Waals surface area (Å²) in [5, 5.41) is 0. The summed E-state index contributed by atoms with van der Waals surface area (Å²) in [4.78, 5) is 23.9. The van der Waals surface area contributed by atoms with E-state index in [1.807, 2.05) is 13.8 Å². The molecule has 0 amide bonds. The zero-order valence-corrected chi connectivity index (χ0v) is 11.7. The van der Waals surface area contributed by atoms with Crippen LogP contribution in [0.2, 0.25) is 0 Å². The number of hydrogen-bond acceptors (Lipinski definition) is 4. The largest absolute Gasteiger partial charge is 0.488 e. The summed E-state index contributed by atoms with van der Waals surface area (Å²) in [7, 11) is 0. The van der Waals surface area contributed by atoms with E-state index in [1.54, 1.807) is 25.3 Å². The smallest absolute Gasteiger partial charge is 0.328 e. The van der Waals surface area contributed by atoms with Crippen LogP contribution in [0.15, 0.2) is 23.1 Å². The van der Waals surface area contributed by atoms with E-state index in [0.717, 1.165) is 12.8 Å². The molecule has 0 radical (unpaired) electrons. The monoisotopic (exact) mass is 267 g/mol. The van der Waals surface area contributed by atoms with Crippen molar-refractivity contribution in [1.82, 2.24) is 4.57 Å². The summed E-state index contributed by atoms with van der Waals surface area (Å²) in [5.41, 5.74) is -0.308. The molecule has 1 heterocycles. The van der Waals surface area contributed by atoms with Crippen LogP contribution in [-0.4, -0.2) is 23.8 Å². The van der Waals surface area contributed by atoms with Crippen LogP contribution in [0.3, 0.4) is 0 Å². The van der Waals surface area contributed by atoms with Crippen molar-refractivity contribution in [1.29, 1.82) is 0 Å². The van der Waals surface area contributed by atoms with Crippen LogP contribution in [-0.2, 0) is 9.53 Å². The number of esters is 1. The first-order valence-corrected chi connectivity index (χ1v) is 6.62. The topological polar surface area (TPSA) is 57.5 Å². The van der Waals surface area contributed by atoms with Crippen LogP contribution in [0.4, 0.5) is 0 Å². The molecule has 0 saturated heterocycles. The van der Waals surface area contributed by atoms with E-state index in [4.69, 9.17) is 9.47 Å². The van der Waals surface area contributed by atoms with Crippen molar-refractivity contribution in [2.45, 2.75) is 39.7 Å². The van der Waals surface area contributed by atoms with Crippen molar-refractivity contribution >= 4 is 5.97 Å². The normalized spacial score (nSPS) is 11.9. The SMILES string of the molecule is CCCOC(=O)C(C)n1cccc(OCCC)c1=O. The van der Waals surface area contributed by atoms with Gasteiger partial charge in [0.2, 0.25) is 0 Å². The molecule has 0 aromatic carbocycles. The number of carbonyl (C=O) groups excluding carboxylic acids is 1. The predicted molar refractivity (Wildman–Crippen MR) is 72.4 cm³/mol. The lowest BCUT2D eigenvalue weighted by atomic mass is 10.3. The molecule has 0 saturated carbocycles. The van der Waals surface area contributed by atoms with Crippen LogP contribution in [0, 0.1) is 0 Å². The molecular formula is C14H21NO4. The zero-order valence-electron chi connectivity index (χ0n) is 11.7. The number of aromatic nitrogens is 1. The molecule has 0 bridgehead atoms. The Bertz CT molecular complexity index is 467. The Morgan fingerprint density at radius 3 is 2.63 bits per heavy atom. The highest BCUT2D eigenvalue weighted by atomic mass is 16.5. The lowest BCUT2D eigenvalue weighted by molar-refractivity contribution is -0.147. The molecule has 1 unspecified atom stereocenters. The molecular weight excluding hydrogens is 246 g/mol. The average Bonchev–Trinajstić information content (AvgIpc) is 2.43. The molecule has 1 rings (SSSR count). The third-order valence-corrected chi connectivity index (χ3v) is 2.61. The van der Waals surface area contributed by atoms with Gasteiger partial charge in [-0.25, -0.2) is 4.79 Å². The van der Waals surface area contributed by atoms with Gasteiger partial charge in [0.05, 0.1) is 13.2 Å². The summed E-state index contributed by atoms with van der Waals surface area (Å²) >= 11 is 0. The third kappa shape index (κ3) is 4.12. The van der Waals surface area contributed by atoms with Crippen molar-refractivity contribution in [2.75, 3.05) is 13.2 Å². The maximum Gasteiger partial charge on any atom is 0.328 e. The van der Waals surface area contributed by atoms with Gasteiger partial charge in [0, 0.05) is 6.20 Å². The second-order valence-corrected chi connectivity index (χ2v) is 4.28. The van der Waals surface area contributed by atoms with Gasteiger partial charge >= 0.3 is 5.97 Å². The maximum absolute atomic E-state index is 12.1. The van der Waals surface area contributed by atoms with Crippen LogP contribution in [0.5, 0.6) is 5.75 Å². The van der Waals surface area contributed by atoms with Gasteiger partial charge in [0.15, 0.2) is 5.75 Å². The van der Waals surface area contributed by atoms with Crippen molar-refractivity contribution in [2.24, 2.45) is 0 Å². The first-order chi connectivity index (χ1) is 9.11. The van der Waals surface area contributed by atoms with Crippen molar-refractivity contribution in [3.63, 3.8) is 0 Å². The lowest BCUT2D eigenvalue weighted by Crippen LogP contribution is -2.29. The lowest BCUT2D eigenvalue weighted by Gasteiger charge is -2.15. The number of rotatable bonds is 7. The fourth-order valence-electron chi connectivity index (χ4n) is 1.55. The number of pyridine rings is 1. The Balaban J connectivity index is 2.88. The average molecular weight is 267 g/mol. The summed E-state index contributed by atoms with van der Waals surface area (Å²) in [5.74, 6) is -0.143. The van der Waals surface area contributed by atoms with E-state index in [1.165, 1.54) is 4.57 Å². The van der Waals surface area contributed by atoms with Gasteiger partial charge in [-0.3, -0.25) is 9.36 Å². The van der Waals surface area contributed by atoms with Crippen LogP contribution < -0.4 is 10.3 Å². The van der Waals surface area contributed by atoms with Gasteiger partial charge in [-0.05, 0) is 31.9 Å². The second-order valence-electron chi connectivity index (χ2n) is 4.28. The Kier molecular flexibility index (Phi) is 6.12. The standard InChI is InChI=1S/C14H21NO4/c1-4-9-18-12-7-6-8-15(13(12)16)11(3)14(17)19-10-5-2/h6-8,11H,4-5,9-10H2,1-3H3. The molecule has 19 heavy (non-hydrogen) atoms. The second kappa shape index (κ2) is 7.61. The molecule has 0 aliphatic rings. The fourth-order valence-corrected chi connectivity index (χ4v) is 1.55. The quantitative estimate of drug-likeness (QED) is 0.710. The molecule has 0 aliphatic heterocycles.